The Bertz CT molecular complexity index is 933. The van der Waals surface area contributed by atoms with Gasteiger partial charge in [-0.3, -0.25) is 0 Å². The zero-order valence-electron chi connectivity index (χ0n) is 15.0. The van der Waals surface area contributed by atoms with E-state index in [9.17, 15) is 9.81 Å². The van der Waals surface area contributed by atoms with E-state index in [1.807, 2.05) is 18.4 Å². The van der Waals surface area contributed by atoms with Crippen molar-refractivity contribution in [1.29, 1.82) is 5.26 Å². The predicted molar refractivity (Wildman–Crippen MR) is 115 cm³/mol. The molecule has 0 N–H and O–H groups in total. The van der Waals surface area contributed by atoms with Gasteiger partial charge in [-0.25, -0.2) is 15.0 Å². The van der Waals surface area contributed by atoms with Crippen molar-refractivity contribution >= 4 is 45.6 Å². The first-order valence-corrected chi connectivity index (χ1v) is 12.6. The molecule has 0 aliphatic rings. The molecule has 0 fully saturated rings. The fourth-order valence-electron chi connectivity index (χ4n) is 2.42. The highest BCUT2D eigenvalue weighted by Crippen LogP contribution is 2.37. The van der Waals surface area contributed by atoms with E-state index in [1.54, 1.807) is 11.7 Å². The summed E-state index contributed by atoms with van der Waals surface area (Å²) in [6, 6.07) is 4.21. The van der Waals surface area contributed by atoms with Gasteiger partial charge in [-0.1, -0.05) is 25.1 Å². The van der Waals surface area contributed by atoms with E-state index in [2.05, 4.69) is 27.9 Å². The standard InChI is InChI=1S/C18H18N4OS4/c1-3-4-7-27(23)11-26-17-14(9-19)13(16-12(2)21-10-25-16)8-15(22-17)18-20-5-6-24-18/h5-6,8,10H,3-4,7,11H2,1-2H3. The molecule has 27 heavy (non-hydrogen) atoms. The molecule has 0 amide bonds. The summed E-state index contributed by atoms with van der Waals surface area (Å²) in [7, 11) is 0. The highest BCUT2D eigenvalue weighted by molar-refractivity contribution is 8.12. The van der Waals surface area contributed by atoms with Crippen molar-refractivity contribution in [2.24, 2.45) is 0 Å². The quantitative estimate of drug-likeness (QED) is 0.362. The number of pyridine rings is 1. The van der Waals surface area contributed by atoms with Crippen molar-refractivity contribution in [2.75, 3.05) is 10.8 Å². The Morgan fingerprint density at radius 3 is 2.81 bits per heavy atom. The number of thiazole rings is 2. The molecule has 0 spiro atoms. The number of thioether (sulfide) groups is 1. The van der Waals surface area contributed by atoms with E-state index in [0.29, 0.717) is 21.4 Å². The van der Waals surface area contributed by atoms with Gasteiger partial charge in [0.1, 0.15) is 27.5 Å². The lowest BCUT2D eigenvalue weighted by atomic mass is 10.1. The lowest BCUT2D eigenvalue weighted by Crippen LogP contribution is -2.09. The van der Waals surface area contributed by atoms with Crippen molar-refractivity contribution in [2.45, 2.75) is 31.7 Å². The fraction of sp³-hybridized carbons (Fsp3) is 0.333. The molecule has 0 aromatic carbocycles. The molecular weight excluding hydrogens is 416 g/mol. The zero-order valence-corrected chi connectivity index (χ0v) is 18.2. The number of rotatable bonds is 8. The van der Waals surface area contributed by atoms with Gasteiger partial charge in [-0.05, 0) is 30.6 Å². The zero-order chi connectivity index (χ0) is 19.2. The number of hydrogen-bond donors (Lipinski definition) is 0. The van der Waals surface area contributed by atoms with Gasteiger partial charge >= 0.3 is 0 Å². The average Bonchev–Trinajstić information content (AvgIpc) is 3.35. The maximum atomic E-state index is 12.2. The summed E-state index contributed by atoms with van der Waals surface area (Å²) in [5.74, 6) is 0.679. The Balaban J connectivity index is 2.02. The second-order valence-corrected chi connectivity index (χ2v) is 10.4. The molecule has 1 atom stereocenters. The highest BCUT2D eigenvalue weighted by atomic mass is 32.3. The maximum Gasteiger partial charge on any atom is 0.156 e. The average molecular weight is 435 g/mol. The van der Waals surface area contributed by atoms with E-state index in [1.165, 1.54) is 34.4 Å². The van der Waals surface area contributed by atoms with Gasteiger partial charge in [-0.2, -0.15) is 5.26 Å². The van der Waals surface area contributed by atoms with Crippen LogP contribution in [0.2, 0.25) is 0 Å². The Morgan fingerprint density at radius 2 is 2.19 bits per heavy atom. The van der Waals surface area contributed by atoms with E-state index in [-0.39, 0.29) is 0 Å². The van der Waals surface area contributed by atoms with Crippen LogP contribution in [0.25, 0.3) is 21.1 Å². The topological polar surface area (TPSA) is 85.5 Å². The molecular formula is C18H18N4OS4. The van der Waals surface area contributed by atoms with E-state index >= 15 is 0 Å². The minimum atomic E-state index is -0.931. The van der Waals surface area contributed by atoms with Crippen LogP contribution in [0.4, 0.5) is 0 Å². The first-order chi connectivity index (χ1) is 13.1. The minimum Gasteiger partial charge on any atom is -0.616 e. The SMILES string of the molecule is CCCC[S+]([O-])CSc1nc(-c2nccs2)cc(-c2scnc2C)c1C#N. The number of nitrogens with zero attached hydrogens (tertiary/aromatic N) is 4. The largest absolute Gasteiger partial charge is 0.616 e. The number of aryl methyl sites for hydroxylation is 1. The summed E-state index contributed by atoms with van der Waals surface area (Å²) in [6.07, 6.45) is 3.70. The number of aromatic nitrogens is 3. The van der Waals surface area contributed by atoms with Crippen LogP contribution in [-0.4, -0.2) is 30.3 Å². The third-order valence-corrected chi connectivity index (χ3v) is 8.39. The van der Waals surface area contributed by atoms with Crippen LogP contribution in [0.1, 0.15) is 31.0 Å². The molecule has 3 aromatic heterocycles. The summed E-state index contributed by atoms with van der Waals surface area (Å²) >= 11 is 3.47. The number of nitriles is 1. The first-order valence-electron chi connectivity index (χ1n) is 8.37. The monoisotopic (exact) mass is 434 g/mol. The molecule has 0 saturated heterocycles. The molecule has 0 aliphatic heterocycles. The van der Waals surface area contributed by atoms with Crippen LogP contribution >= 0.6 is 34.4 Å². The second-order valence-electron chi connectivity index (χ2n) is 5.71. The van der Waals surface area contributed by atoms with E-state index in [0.717, 1.165) is 39.7 Å². The van der Waals surface area contributed by atoms with Crippen molar-refractivity contribution in [3.63, 3.8) is 0 Å². The molecule has 9 heteroatoms. The predicted octanol–water partition coefficient (Wildman–Crippen LogP) is 5.11. The van der Waals surface area contributed by atoms with Crippen LogP contribution in [0, 0.1) is 18.3 Å². The maximum absolute atomic E-state index is 12.2. The van der Waals surface area contributed by atoms with Crippen LogP contribution in [0.15, 0.2) is 28.2 Å². The molecule has 0 bridgehead atoms. The summed E-state index contributed by atoms with van der Waals surface area (Å²) in [5.41, 5.74) is 4.73. The van der Waals surface area contributed by atoms with Crippen LogP contribution < -0.4 is 0 Å². The molecule has 3 rings (SSSR count). The molecule has 1 unspecified atom stereocenters. The number of unbranched alkanes of at least 4 members (excludes halogenated alkanes) is 1. The molecule has 3 heterocycles. The number of hydrogen-bond acceptors (Lipinski definition) is 8. The van der Waals surface area contributed by atoms with Gasteiger partial charge in [0.05, 0.1) is 21.6 Å². The molecule has 5 nitrogen and oxygen atoms in total. The summed E-state index contributed by atoms with van der Waals surface area (Å²) in [4.78, 5) is 14.3. The Hall–Kier alpha value is -1.44. The fourth-order valence-corrected chi connectivity index (χ4v) is 6.36. The van der Waals surface area contributed by atoms with Gasteiger partial charge in [0, 0.05) is 17.1 Å². The molecule has 0 saturated carbocycles. The normalized spacial score (nSPS) is 12.1. The Morgan fingerprint density at radius 1 is 1.33 bits per heavy atom. The lowest BCUT2D eigenvalue weighted by Gasteiger charge is -2.13. The molecule has 0 aliphatic carbocycles. The van der Waals surface area contributed by atoms with Gasteiger partial charge < -0.3 is 4.55 Å². The third kappa shape index (κ3) is 4.89. The van der Waals surface area contributed by atoms with Crippen LogP contribution in [0.3, 0.4) is 0 Å². The third-order valence-electron chi connectivity index (χ3n) is 3.79. The van der Waals surface area contributed by atoms with Crippen molar-refractivity contribution < 1.29 is 4.55 Å². The summed E-state index contributed by atoms with van der Waals surface area (Å²) < 4.78 is 12.2. The van der Waals surface area contributed by atoms with Gasteiger partial charge in [0.15, 0.2) is 5.08 Å². The van der Waals surface area contributed by atoms with Gasteiger partial charge in [-0.15, -0.1) is 22.7 Å². The highest BCUT2D eigenvalue weighted by Gasteiger charge is 2.20. The van der Waals surface area contributed by atoms with E-state index < -0.39 is 11.2 Å². The van der Waals surface area contributed by atoms with Gasteiger partial charge in [0.25, 0.3) is 0 Å². The first kappa shape index (κ1) is 20.3. The van der Waals surface area contributed by atoms with Gasteiger partial charge in [0.2, 0.25) is 0 Å². The van der Waals surface area contributed by atoms with Crippen molar-refractivity contribution in [3.05, 3.63) is 34.4 Å². The summed E-state index contributed by atoms with van der Waals surface area (Å²) in [6.45, 7) is 4.02. The van der Waals surface area contributed by atoms with Crippen molar-refractivity contribution in [1.82, 2.24) is 15.0 Å². The lowest BCUT2D eigenvalue weighted by molar-refractivity contribution is 0.596. The summed E-state index contributed by atoms with van der Waals surface area (Å²) in [5, 5.41) is 13.6. The minimum absolute atomic E-state index is 0.435. The molecule has 3 aromatic rings. The Labute approximate surface area is 174 Å². The van der Waals surface area contributed by atoms with E-state index in [4.69, 9.17) is 0 Å². The van der Waals surface area contributed by atoms with Crippen LogP contribution in [-0.2, 0) is 11.2 Å². The Kier molecular flexibility index (Phi) is 7.26. The molecule has 0 radical (unpaired) electrons. The van der Waals surface area contributed by atoms with Crippen LogP contribution in [0.5, 0.6) is 0 Å². The van der Waals surface area contributed by atoms with Crippen molar-refractivity contribution in [3.8, 4) is 27.2 Å². The second kappa shape index (κ2) is 9.66. The molecule has 140 valence electrons. The smallest absolute Gasteiger partial charge is 0.156 e.